The standard InChI is InChI=1S/C23H27N5O/c1-2-6-17(7-3-1)14-19-16-28(12-13-29-19)23-26-21-15-24-11-10-20(21)22(27-23)25-18-8-4-5-9-18/h1-3,6-7,10-11,15,18-19H,4-5,8-9,12-14,16H2,(H,25,26,27). The van der Waals surface area contributed by atoms with Crippen molar-refractivity contribution in [2.24, 2.45) is 0 Å². The fourth-order valence-electron chi connectivity index (χ4n) is 4.38. The number of benzene rings is 1. The Morgan fingerprint density at radius 1 is 1.07 bits per heavy atom. The predicted molar refractivity (Wildman–Crippen MR) is 115 cm³/mol. The van der Waals surface area contributed by atoms with Gasteiger partial charge in [-0.15, -0.1) is 0 Å². The Hall–Kier alpha value is -2.73. The molecule has 1 saturated heterocycles. The van der Waals surface area contributed by atoms with E-state index in [1.165, 1.54) is 31.2 Å². The van der Waals surface area contributed by atoms with E-state index in [2.05, 4.69) is 39.5 Å². The van der Waals surface area contributed by atoms with Crippen molar-refractivity contribution in [3.05, 3.63) is 54.4 Å². The summed E-state index contributed by atoms with van der Waals surface area (Å²) in [6.45, 7) is 2.29. The third kappa shape index (κ3) is 4.17. The molecule has 2 aliphatic rings. The SMILES string of the molecule is c1ccc(CC2CN(c3nc(NC4CCCC4)c4ccncc4n3)CCO2)cc1. The Labute approximate surface area is 171 Å². The van der Waals surface area contributed by atoms with Crippen molar-refractivity contribution in [2.75, 3.05) is 29.9 Å². The number of nitrogens with one attached hydrogen (secondary N) is 1. The number of rotatable bonds is 5. The molecule has 2 aromatic heterocycles. The van der Waals surface area contributed by atoms with Crippen LogP contribution in [0, 0.1) is 0 Å². The number of anilines is 2. The first kappa shape index (κ1) is 18.3. The maximum absolute atomic E-state index is 6.03. The van der Waals surface area contributed by atoms with E-state index >= 15 is 0 Å². The molecule has 1 aliphatic heterocycles. The van der Waals surface area contributed by atoms with Gasteiger partial charge in [-0.25, -0.2) is 4.98 Å². The first-order valence-electron chi connectivity index (χ1n) is 10.6. The molecular formula is C23H27N5O. The summed E-state index contributed by atoms with van der Waals surface area (Å²) in [6.07, 6.45) is 9.70. The van der Waals surface area contributed by atoms with Crippen molar-refractivity contribution in [3.63, 3.8) is 0 Å². The van der Waals surface area contributed by atoms with E-state index in [0.717, 1.165) is 42.2 Å². The van der Waals surface area contributed by atoms with Crippen LogP contribution < -0.4 is 10.2 Å². The van der Waals surface area contributed by atoms with Crippen molar-refractivity contribution in [2.45, 2.75) is 44.2 Å². The highest BCUT2D eigenvalue weighted by Gasteiger charge is 2.24. The zero-order chi connectivity index (χ0) is 19.5. The lowest BCUT2D eigenvalue weighted by Crippen LogP contribution is -2.44. The van der Waals surface area contributed by atoms with E-state index in [4.69, 9.17) is 14.7 Å². The zero-order valence-electron chi connectivity index (χ0n) is 16.6. The normalized spacial score (nSPS) is 20.3. The maximum Gasteiger partial charge on any atom is 0.228 e. The summed E-state index contributed by atoms with van der Waals surface area (Å²) < 4.78 is 6.03. The van der Waals surface area contributed by atoms with E-state index in [1.807, 2.05) is 24.5 Å². The van der Waals surface area contributed by atoms with E-state index in [-0.39, 0.29) is 6.10 Å². The van der Waals surface area contributed by atoms with Gasteiger partial charge in [-0.2, -0.15) is 4.98 Å². The van der Waals surface area contributed by atoms with Crippen LogP contribution in [0.5, 0.6) is 0 Å². The minimum absolute atomic E-state index is 0.144. The quantitative estimate of drug-likeness (QED) is 0.716. The van der Waals surface area contributed by atoms with Gasteiger partial charge in [0, 0.05) is 37.1 Å². The van der Waals surface area contributed by atoms with Crippen molar-refractivity contribution >= 4 is 22.7 Å². The van der Waals surface area contributed by atoms with Gasteiger partial charge >= 0.3 is 0 Å². The molecule has 29 heavy (non-hydrogen) atoms. The monoisotopic (exact) mass is 389 g/mol. The fraction of sp³-hybridized carbons (Fsp3) is 0.435. The Kier molecular flexibility index (Phi) is 5.26. The van der Waals surface area contributed by atoms with Gasteiger partial charge in [-0.1, -0.05) is 43.2 Å². The Morgan fingerprint density at radius 3 is 2.79 bits per heavy atom. The van der Waals surface area contributed by atoms with Crippen LogP contribution in [0.4, 0.5) is 11.8 Å². The predicted octanol–water partition coefficient (Wildman–Crippen LogP) is 3.83. The third-order valence-electron chi connectivity index (χ3n) is 5.91. The molecule has 6 heteroatoms. The molecule has 1 aliphatic carbocycles. The maximum atomic E-state index is 6.03. The third-order valence-corrected chi connectivity index (χ3v) is 5.91. The molecule has 1 atom stereocenters. The average molecular weight is 390 g/mol. The van der Waals surface area contributed by atoms with Gasteiger partial charge in [0.25, 0.3) is 0 Å². The first-order valence-corrected chi connectivity index (χ1v) is 10.6. The van der Waals surface area contributed by atoms with Crippen molar-refractivity contribution in [1.82, 2.24) is 15.0 Å². The molecule has 2 fully saturated rings. The lowest BCUT2D eigenvalue weighted by molar-refractivity contribution is 0.0405. The van der Waals surface area contributed by atoms with Gasteiger partial charge in [0.1, 0.15) is 5.82 Å². The highest BCUT2D eigenvalue weighted by atomic mass is 16.5. The first-order chi connectivity index (χ1) is 14.3. The molecule has 1 unspecified atom stereocenters. The van der Waals surface area contributed by atoms with Gasteiger partial charge in [0.05, 0.1) is 24.4 Å². The lowest BCUT2D eigenvalue weighted by Gasteiger charge is -2.33. The molecule has 0 spiro atoms. The van der Waals surface area contributed by atoms with Crippen LogP contribution in [-0.2, 0) is 11.2 Å². The van der Waals surface area contributed by atoms with E-state index < -0.39 is 0 Å². The molecule has 0 bridgehead atoms. The molecule has 5 rings (SSSR count). The van der Waals surface area contributed by atoms with Crippen LogP contribution >= 0.6 is 0 Å². The number of hydrogen-bond donors (Lipinski definition) is 1. The van der Waals surface area contributed by atoms with Gasteiger partial charge in [0.2, 0.25) is 5.95 Å². The lowest BCUT2D eigenvalue weighted by atomic mass is 10.1. The zero-order valence-corrected chi connectivity index (χ0v) is 16.6. The van der Waals surface area contributed by atoms with Crippen molar-refractivity contribution in [1.29, 1.82) is 0 Å². The Morgan fingerprint density at radius 2 is 1.93 bits per heavy atom. The number of nitrogens with zero attached hydrogens (tertiary/aromatic N) is 4. The van der Waals surface area contributed by atoms with Crippen LogP contribution in [-0.4, -0.2) is 46.8 Å². The van der Waals surface area contributed by atoms with Crippen LogP contribution in [0.2, 0.25) is 0 Å². The van der Waals surface area contributed by atoms with Gasteiger partial charge < -0.3 is 15.0 Å². The number of ether oxygens (including phenoxy) is 1. The summed E-state index contributed by atoms with van der Waals surface area (Å²) in [5.74, 6) is 1.71. The van der Waals surface area contributed by atoms with Crippen molar-refractivity contribution in [3.8, 4) is 0 Å². The summed E-state index contributed by atoms with van der Waals surface area (Å²) in [5, 5.41) is 4.72. The number of morpholine rings is 1. The van der Waals surface area contributed by atoms with E-state index in [1.54, 1.807) is 0 Å². The van der Waals surface area contributed by atoms with Crippen LogP contribution in [0.3, 0.4) is 0 Å². The van der Waals surface area contributed by atoms with E-state index in [0.29, 0.717) is 12.6 Å². The highest BCUT2D eigenvalue weighted by Crippen LogP contribution is 2.28. The molecule has 1 N–H and O–H groups in total. The molecule has 150 valence electrons. The topological polar surface area (TPSA) is 63.2 Å². The van der Waals surface area contributed by atoms with Crippen LogP contribution in [0.15, 0.2) is 48.8 Å². The minimum Gasteiger partial charge on any atom is -0.374 e. The summed E-state index contributed by atoms with van der Waals surface area (Å²) in [7, 11) is 0. The molecule has 0 amide bonds. The number of hydrogen-bond acceptors (Lipinski definition) is 6. The second kappa shape index (κ2) is 8.33. The van der Waals surface area contributed by atoms with Gasteiger partial charge in [-0.05, 0) is 24.5 Å². The summed E-state index contributed by atoms with van der Waals surface area (Å²) in [4.78, 5) is 16.3. The second-order valence-corrected chi connectivity index (χ2v) is 8.02. The molecular weight excluding hydrogens is 362 g/mol. The fourth-order valence-corrected chi connectivity index (χ4v) is 4.38. The summed E-state index contributed by atoms with van der Waals surface area (Å²) in [6, 6.07) is 13.0. The number of fused-ring (bicyclic) bond motifs is 1. The van der Waals surface area contributed by atoms with Gasteiger partial charge in [0.15, 0.2) is 0 Å². The van der Waals surface area contributed by atoms with Crippen LogP contribution in [0.1, 0.15) is 31.2 Å². The molecule has 1 aromatic carbocycles. The van der Waals surface area contributed by atoms with E-state index in [9.17, 15) is 0 Å². The summed E-state index contributed by atoms with van der Waals surface area (Å²) >= 11 is 0. The largest absolute Gasteiger partial charge is 0.374 e. The molecule has 3 aromatic rings. The molecule has 0 radical (unpaired) electrons. The molecule has 1 saturated carbocycles. The minimum atomic E-state index is 0.144. The highest BCUT2D eigenvalue weighted by molar-refractivity contribution is 5.89. The second-order valence-electron chi connectivity index (χ2n) is 8.02. The summed E-state index contributed by atoms with van der Waals surface area (Å²) in [5.41, 5.74) is 2.19. The Balaban J connectivity index is 1.40. The number of aromatic nitrogens is 3. The molecule has 6 nitrogen and oxygen atoms in total. The number of pyridine rings is 1. The van der Waals surface area contributed by atoms with Crippen LogP contribution in [0.25, 0.3) is 10.9 Å². The van der Waals surface area contributed by atoms with Crippen molar-refractivity contribution < 1.29 is 4.74 Å². The smallest absolute Gasteiger partial charge is 0.228 e. The molecule has 3 heterocycles. The average Bonchev–Trinajstić information content (AvgIpc) is 3.28. The van der Waals surface area contributed by atoms with Gasteiger partial charge in [-0.3, -0.25) is 4.98 Å². The Bertz CT molecular complexity index is 958.